The Morgan fingerprint density at radius 3 is 2.84 bits per heavy atom. The second-order valence-corrected chi connectivity index (χ2v) is 5.44. The van der Waals surface area contributed by atoms with Gasteiger partial charge >= 0.3 is 0 Å². The summed E-state index contributed by atoms with van der Waals surface area (Å²) in [5.41, 5.74) is 9.36. The summed E-state index contributed by atoms with van der Waals surface area (Å²) in [5.74, 6) is 0. The highest BCUT2D eigenvalue weighted by molar-refractivity contribution is 9.10. The summed E-state index contributed by atoms with van der Waals surface area (Å²) in [6, 6.07) is 10.4. The first-order valence-electron chi connectivity index (χ1n) is 6.29. The van der Waals surface area contributed by atoms with Crippen molar-refractivity contribution in [2.24, 2.45) is 5.73 Å². The van der Waals surface area contributed by atoms with Crippen LogP contribution in [0, 0.1) is 0 Å². The summed E-state index contributed by atoms with van der Waals surface area (Å²) < 4.78 is 1.08. The van der Waals surface area contributed by atoms with E-state index < -0.39 is 0 Å². The predicted molar refractivity (Wildman–Crippen MR) is 83.2 cm³/mol. The molecule has 2 aromatic rings. The molecule has 1 heterocycles. The van der Waals surface area contributed by atoms with Crippen LogP contribution in [-0.4, -0.2) is 18.6 Å². The quantitative estimate of drug-likeness (QED) is 0.921. The number of halogens is 1. The molecule has 3 nitrogen and oxygen atoms in total. The first kappa shape index (κ1) is 14.0. The van der Waals surface area contributed by atoms with Gasteiger partial charge in [0, 0.05) is 36.1 Å². The van der Waals surface area contributed by atoms with Gasteiger partial charge in [0.1, 0.15) is 0 Å². The van der Waals surface area contributed by atoms with E-state index >= 15 is 0 Å². The van der Waals surface area contributed by atoms with Gasteiger partial charge in [-0.3, -0.25) is 4.98 Å². The van der Waals surface area contributed by atoms with E-state index in [0.29, 0.717) is 6.54 Å². The fourth-order valence-corrected chi connectivity index (χ4v) is 2.46. The van der Waals surface area contributed by atoms with Crippen LogP contribution in [0.25, 0.3) is 0 Å². The Bertz CT molecular complexity index is 528. The molecule has 0 atom stereocenters. The molecule has 0 radical (unpaired) electrons. The smallest absolute Gasteiger partial charge is 0.0441 e. The number of rotatable bonds is 5. The molecule has 1 aromatic heterocycles. The van der Waals surface area contributed by atoms with Crippen molar-refractivity contribution in [1.29, 1.82) is 0 Å². The Morgan fingerprint density at radius 1 is 1.32 bits per heavy atom. The third kappa shape index (κ3) is 3.78. The Hall–Kier alpha value is -1.39. The molecule has 2 rings (SSSR count). The Labute approximate surface area is 122 Å². The molecule has 0 saturated carbocycles. The molecule has 0 aliphatic rings. The van der Waals surface area contributed by atoms with Crippen LogP contribution >= 0.6 is 15.9 Å². The molecule has 2 N–H and O–H groups in total. The van der Waals surface area contributed by atoms with E-state index in [4.69, 9.17) is 5.73 Å². The number of aromatic nitrogens is 1. The number of benzene rings is 1. The normalized spacial score (nSPS) is 10.5. The number of nitrogens with zero attached hydrogens (tertiary/aromatic N) is 2. The number of nitrogens with two attached hydrogens (primary N) is 1. The molecular formula is C15H18BrN3. The van der Waals surface area contributed by atoms with Crippen LogP contribution in [0.15, 0.2) is 47.2 Å². The van der Waals surface area contributed by atoms with Gasteiger partial charge in [-0.25, -0.2) is 0 Å². The molecule has 1 aromatic carbocycles. The lowest BCUT2D eigenvalue weighted by Crippen LogP contribution is -2.19. The zero-order valence-electron chi connectivity index (χ0n) is 11.0. The summed E-state index contributed by atoms with van der Waals surface area (Å²) in [6.45, 7) is 1.50. The zero-order valence-corrected chi connectivity index (χ0v) is 12.6. The van der Waals surface area contributed by atoms with Crippen molar-refractivity contribution in [1.82, 2.24) is 4.98 Å². The summed E-state index contributed by atoms with van der Waals surface area (Å²) in [4.78, 5) is 6.38. The minimum Gasteiger partial charge on any atom is -0.370 e. The minimum atomic E-state index is 0.662. The van der Waals surface area contributed by atoms with Gasteiger partial charge in [0.2, 0.25) is 0 Å². The van der Waals surface area contributed by atoms with Crippen molar-refractivity contribution in [2.45, 2.75) is 13.0 Å². The largest absolute Gasteiger partial charge is 0.370 e. The van der Waals surface area contributed by atoms with Crippen molar-refractivity contribution in [3.8, 4) is 0 Å². The van der Waals surface area contributed by atoms with E-state index in [2.05, 4.69) is 57.1 Å². The van der Waals surface area contributed by atoms with Crippen LogP contribution in [-0.2, 0) is 13.0 Å². The molecule has 0 aliphatic carbocycles. The van der Waals surface area contributed by atoms with Crippen LogP contribution in [0.2, 0.25) is 0 Å². The number of hydrogen-bond donors (Lipinski definition) is 1. The van der Waals surface area contributed by atoms with E-state index in [9.17, 15) is 0 Å². The summed E-state index contributed by atoms with van der Waals surface area (Å²) in [5, 5.41) is 0. The third-order valence-corrected chi connectivity index (χ3v) is 3.51. The summed E-state index contributed by atoms with van der Waals surface area (Å²) in [6.07, 6.45) is 4.58. The molecule has 0 saturated heterocycles. The molecule has 4 heteroatoms. The molecule has 100 valence electrons. The Morgan fingerprint density at radius 2 is 2.16 bits per heavy atom. The number of pyridine rings is 1. The van der Waals surface area contributed by atoms with Gasteiger partial charge in [0.05, 0.1) is 0 Å². The zero-order chi connectivity index (χ0) is 13.7. The van der Waals surface area contributed by atoms with Crippen molar-refractivity contribution in [3.63, 3.8) is 0 Å². The molecule has 19 heavy (non-hydrogen) atoms. The van der Waals surface area contributed by atoms with E-state index in [1.165, 1.54) is 16.8 Å². The van der Waals surface area contributed by atoms with Crippen molar-refractivity contribution in [2.75, 3.05) is 18.5 Å². The maximum absolute atomic E-state index is 5.68. The van der Waals surface area contributed by atoms with E-state index in [0.717, 1.165) is 17.4 Å². The van der Waals surface area contributed by atoms with Gasteiger partial charge < -0.3 is 10.6 Å². The topological polar surface area (TPSA) is 42.2 Å². The minimum absolute atomic E-state index is 0.662. The lowest BCUT2D eigenvalue weighted by atomic mass is 10.1. The van der Waals surface area contributed by atoms with Gasteiger partial charge in [-0.1, -0.05) is 28.1 Å². The first-order chi connectivity index (χ1) is 9.20. The highest BCUT2D eigenvalue weighted by Crippen LogP contribution is 2.25. The van der Waals surface area contributed by atoms with Gasteiger partial charge in [-0.05, 0) is 42.3 Å². The number of anilines is 1. The SMILES string of the molecule is CN(Cc1cccnc1)c1cc(Br)ccc1CCN. The van der Waals surface area contributed by atoms with Crippen molar-refractivity contribution in [3.05, 3.63) is 58.3 Å². The molecule has 0 aliphatic heterocycles. The van der Waals surface area contributed by atoms with Gasteiger partial charge in [0.15, 0.2) is 0 Å². The maximum Gasteiger partial charge on any atom is 0.0441 e. The molecule has 0 amide bonds. The van der Waals surface area contributed by atoms with E-state index in [-0.39, 0.29) is 0 Å². The second-order valence-electron chi connectivity index (χ2n) is 4.53. The standard InChI is InChI=1S/C15H18BrN3/c1-19(11-12-3-2-8-18-10-12)15-9-14(16)5-4-13(15)6-7-17/h2-5,8-10H,6-7,11,17H2,1H3. The third-order valence-electron chi connectivity index (χ3n) is 3.01. The molecular weight excluding hydrogens is 302 g/mol. The summed E-state index contributed by atoms with van der Waals surface area (Å²) >= 11 is 3.53. The molecule has 0 unspecified atom stereocenters. The highest BCUT2D eigenvalue weighted by Gasteiger charge is 2.08. The fraction of sp³-hybridized carbons (Fsp3) is 0.267. The van der Waals surface area contributed by atoms with Crippen LogP contribution in [0.1, 0.15) is 11.1 Å². The Kier molecular flexibility index (Phi) is 4.93. The van der Waals surface area contributed by atoms with Crippen molar-refractivity contribution < 1.29 is 0 Å². The van der Waals surface area contributed by atoms with Crippen LogP contribution < -0.4 is 10.6 Å². The first-order valence-corrected chi connectivity index (χ1v) is 7.08. The van der Waals surface area contributed by atoms with Crippen LogP contribution in [0.3, 0.4) is 0 Å². The summed E-state index contributed by atoms with van der Waals surface area (Å²) in [7, 11) is 2.09. The van der Waals surface area contributed by atoms with Crippen LogP contribution in [0.4, 0.5) is 5.69 Å². The Balaban J connectivity index is 2.22. The van der Waals surface area contributed by atoms with Crippen LogP contribution in [0.5, 0.6) is 0 Å². The van der Waals surface area contributed by atoms with Gasteiger partial charge in [-0.15, -0.1) is 0 Å². The van der Waals surface area contributed by atoms with E-state index in [1.807, 2.05) is 12.3 Å². The molecule has 0 bridgehead atoms. The second kappa shape index (κ2) is 6.68. The molecule has 0 fully saturated rings. The van der Waals surface area contributed by atoms with E-state index in [1.54, 1.807) is 6.20 Å². The van der Waals surface area contributed by atoms with Gasteiger partial charge in [0.25, 0.3) is 0 Å². The van der Waals surface area contributed by atoms with Crippen molar-refractivity contribution >= 4 is 21.6 Å². The number of hydrogen-bond acceptors (Lipinski definition) is 3. The highest BCUT2D eigenvalue weighted by atomic mass is 79.9. The fourth-order valence-electron chi connectivity index (χ4n) is 2.11. The lowest BCUT2D eigenvalue weighted by Gasteiger charge is -2.23. The maximum atomic E-state index is 5.68. The monoisotopic (exact) mass is 319 g/mol. The van der Waals surface area contributed by atoms with Gasteiger partial charge in [-0.2, -0.15) is 0 Å². The molecule has 0 spiro atoms. The predicted octanol–water partition coefficient (Wildman–Crippen LogP) is 2.98. The lowest BCUT2D eigenvalue weighted by molar-refractivity contribution is 0.887. The average molecular weight is 320 g/mol. The average Bonchev–Trinajstić information content (AvgIpc) is 2.42.